The number of likely N-dealkylation sites (tertiary alicyclic amines) is 1. The van der Waals surface area contributed by atoms with Gasteiger partial charge in [0.1, 0.15) is 0 Å². The van der Waals surface area contributed by atoms with Crippen molar-refractivity contribution in [2.75, 3.05) is 25.0 Å². The highest BCUT2D eigenvalue weighted by molar-refractivity contribution is 6.01. The van der Waals surface area contributed by atoms with E-state index in [1.807, 2.05) is 35.2 Å². The monoisotopic (exact) mass is 394 g/mol. The quantitative estimate of drug-likeness (QED) is 0.763. The van der Waals surface area contributed by atoms with Gasteiger partial charge in [-0.1, -0.05) is 42.5 Å². The maximum atomic E-state index is 12.7. The van der Waals surface area contributed by atoms with Crippen molar-refractivity contribution in [3.63, 3.8) is 0 Å². The Hall–Kier alpha value is -3.15. The molecule has 1 aliphatic rings. The van der Waals surface area contributed by atoms with E-state index in [-0.39, 0.29) is 24.3 Å². The molecule has 2 aromatic carbocycles. The number of hydrogen-bond donors (Lipinski definition) is 1. The number of esters is 1. The van der Waals surface area contributed by atoms with Gasteiger partial charge in [0, 0.05) is 19.0 Å². The molecule has 1 N–H and O–H groups in total. The summed E-state index contributed by atoms with van der Waals surface area (Å²) in [5, 5.41) is 2.86. The maximum absolute atomic E-state index is 12.7. The lowest BCUT2D eigenvalue weighted by Gasteiger charge is -2.31. The van der Waals surface area contributed by atoms with Crippen molar-refractivity contribution in [1.29, 1.82) is 0 Å². The van der Waals surface area contributed by atoms with Crippen LogP contribution in [0.25, 0.3) is 0 Å². The smallest absolute Gasteiger partial charge is 0.340 e. The number of piperidine rings is 1. The highest BCUT2D eigenvalue weighted by Crippen LogP contribution is 2.22. The summed E-state index contributed by atoms with van der Waals surface area (Å²) < 4.78 is 5.05. The molecule has 0 spiro atoms. The number of benzene rings is 2. The molecule has 0 aromatic heterocycles. The molecular weight excluding hydrogens is 368 g/mol. The maximum Gasteiger partial charge on any atom is 0.340 e. The molecule has 0 saturated carbocycles. The van der Waals surface area contributed by atoms with Gasteiger partial charge in [-0.05, 0) is 37.5 Å². The Morgan fingerprint density at radius 2 is 1.66 bits per heavy atom. The van der Waals surface area contributed by atoms with Gasteiger partial charge < -0.3 is 15.0 Å². The summed E-state index contributed by atoms with van der Waals surface area (Å²) in [6, 6.07) is 16.5. The molecule has 1 saturated heterocycles. The first-order valence-corrected chi connectivity index (χ1v) is 9.97. The van der Waals surface area contributed by atoms with Crippen LogP contribution in [0, 0.1) is 5.92 Å². The van der Waals surface area contributed by atoms with E-state index in [2.05, 4.69) is 5.32 Å². The number of para-hydroxylation sites is 1. The second-order valence-electron chi connectivity index (χ2n) is 7.07. The van der Waals surface area contributed by atoms with Gasteiger partial charge in [-0.3, -0.25) is 9.59 Å². The minimum Gasteiger partial charge on any atom is -0.462 e. The molecular formula is C23H26N2O4. The molecule has 1 heterocycles. The average Bonchev–Trinajstić information content (AvgIpc) is 2.75. The summed E-state index contributed by atoms with van der Waals surface area (Å²) >= 11 is 0. The van der Waals surface area contributed by atoms with Crippen molar-refractivity contribution in [3.05, 3.63) is 65.7 Å². The molecule has 1 fully saturated rings. The second-order valence-corrected chi connectivity index (χ2v) is 7.07. The molecule has 2 aromatic rings. The van der Waals surface area contributed by atoms with Gasteiger partial charge in [-0.15, -0.1) is 0 Å². The summed E-state index contributed by atoms with van der Waals surface area (Å²) in [4.78, 5) is 39.1. The van der Waals surface area contributed by atoms with Crippen molar-refractivity contribution in [3.8, 4) is 0 Å². The number of nitrogens with one attached hydrogen (secondary N) is 1. The Morgan fingerprint density at radius 1 is 1.00 bits per heavy atom. The standard InChI is InChI=1S/C23H26N2O4/c1-2-29-23(28)19-10-6-7-11-20(19)24-22(27)18-12-14-25(15-13-18)21(26)16-17-8-4-3-5-9-17/h3-11,18H,2,12-16H2,1H3,(H,24,27). The third kappa shape index (κ3) is 5.44. The van der Waals surface area contributed by atoms with Crippen LogP contribution < -0.4 is 5.32 Å². The van der Waals surface area contributed by atoms with Crippen LogP contribution in [0.3, 0.4) is 0 Å². The van der Waals surface area contributed by atoms with E-state index in [9.17, 15) is 14.4 Å². The summed E-state index contributed by atoms with van der Waals surface area (Å²) in [5.41, 5.74) is 1.80. The van der Waals surface area contributed by atoms with Crippen LogP contribution in [-0.4, -0.2) is 42.4 Å². The molecule has 152 valence electrons. The van der Waals surface area contributed by atoms with E-state index >= 15 is 0 Å². The van der Waals surface area contributed by atoms with E-state index < -0.39 is 5.97 Å². The summed E-state index contributed by atoms with van der Waals surface area (Å²) in [6.07, 6.45) is 1.59. The van der Waals surface area contributed by atoms with E-state index in [0.717, 1.165) is 5.56 Å². The highest BCUT2D eigenvalue weighted by Gasteiger charge is 2.28. The molecule has 3 rings (SSSR count). The van der Waals surface area contributed by atoms with Gasteiger partial charge in [0.05, 0.1) is 24.3 Å². The fourth-order valence-corrected chi connectivity index (χ4v) is 3.49. The largest absolute Gasteiger partial charge is 0.462 e. The lowest BCUT2D eigenvalue weighted by molar-refractivity contribution is -0.133. The second kappa shape index (κ2) is 9.87. The molecule has 0 radical (unpaired) electrons. The molecule has 1 aliphatic heterocycles. The third-order valence-electron chi connectivity index (χ3n) is 5.10. The number of anilines is 1. The predicted octanol–water partition coefficient (Wildman–Crippen LogP) is 3.28. The molecule has 0 aliphatic carbocycles. The highest BCUT2D eigenvalue weighted by atomic mass is 16.5. The zero-order chi connectivity index (χ0) is 20.6. The summed E-state index contributed by atoms with van der Waals surface area (Å²) in [7, 11) is 0. The van der Waals surface area contributed by atoms with Crippen molar-refractivity contribution < 1.29 is 19.1 Å². The average molecular weight is 394 g/mol. The molecule has 6 nitrogen and oxygen atoms in total. The van der Waals surface area contributed by atoms with Gasteiger partial charge >= 0.3 is 5.97 Å². The zero-order valence-corrected chi connectivity index (χ0v) is 16.6. The predicted molar refractivity (Wildman–Crippen MR) is 110 cm³/mol. The van der Waals surface area contributed by atoms with Crippen LogP contribution in [0.1, 0.15) is 35.7 Å². The Morgan fingerprint density at radius 3 is 2.34 bits per heavy atom. The fraction of sp³-hybridized carbons (Fsp3) is 0.348. The van der Waals surface area contributed by atoms with E-state index in [1.165, 1.54) is 0 Å². The Labute approximate surface area is 170 Å². The molecule has 0 unspecified atom stereocenters. The van der Waals surface area contributed by atoms with Crippen molar-refractivity contribution in [1.82, 2.24) is 4.90 Å². The Kier molecular flexibility index (Phi) is 7.00. The number of amides is 2. The first-order valence-electron chi connectivity index (χ1n) is 9.97. The van der Waals surface area contributed by atoms with E-state index in [0.29, 0.717) is 43.6 Å². The Balaban J connectivity index is 1.54. The van der Waals surface area contributed by atoms with Crippen LogP contribution in [0.4, 0.5) is 5.69 Å². The van der Waals surface area contributed by atoms with Gasteiger partial charge in [0.15, 0.2) is 0 Å². The number of carbonyl (C=O) groups is 3. The first kappa shape index (κ1) is 20.6. The third-order valence-corrected chi connectivity index (χ3v) is 5.10. The molecule has 2 amide bonds. The molecule has 0 bridgehead atoms. The summed E-state index contributed by atoms with van der Waals surface area (Å²) in [5.74, 6) is -0.685. The normalized spacial score (nSPS) is 14.3. The van der Waals surface area contributed by atoms with Crippen LogP contribution in [0.5, 0.6) is 0 Å². The van der Waals surface area contributed by atoms with E-state index in [4.69, 9.17) is 4.74 Å². The number of hydrogen-bond acceptors (Lipinski definition) is 4. The minimum atomic E-state index is -0.454. The molecule has 0 atom stereocenters. The van der Waals surface area contributed by atoms with Crippen molar-refractivity contribution in [2.45, 2.75) is 26.2 Å². The van der Waals surface area contributed by atoms with Crippen LogP contribution in [0.2, 0.25) is 0 Å². The van der Waals surface area contributed by atoms with Crippen LogP contribution in [-0.2, 0) is 20.7 Å². The van der Waals surface area contributed by atoms with E-state index in [1.54, 1.807) is 31.2 Å². The number of nitrogens with zero attached hydrogens (tertiary/aromatic N) is 1. The van der Waals surface area contributed by atoms with Crippen molar-refractivity contribution in [2.24, 2.45) is 5.92 Å². The van der Waals surface area contributed by atoms with Gasteiger partial charge in [0.25, 0.3) is 0 Å². The Bertz CT molecular complexity index is 858. The number of ether oxygens (including phenoxy) is 1. The van der Waals surface area contributed by atoms with Crippen LogP contribution >= 0.6 is 0 Å². The lowest BCUT2D eigenvalue weighted by Crippen LogP contribution is -2.42. The lowest BCUT2D eigenvalue weighted by atomic mass is 9.95. The number of rotatable bonds is 6. The number of carbonyl (C=O) groups excluding carboxylic acids is 3. The van der Waals surface area contributed by atoms with Crippen molar-refractivity contribution >= 4 is 23.5 Å². The van der Waals surface area contributed by atoms with Crippen LogP contribution in [0.15, 0.2) is 54.6 Å². The minimum absolute atomic E-state index is 0.0858. The topological polar surface area (TPSA) is 75.7 Å². The van der Waals surface area contributed by atoms with Gasteiger partial charge in [0.2, 0.25) is 11.8 Å². The molecule has 6 heteroatoms. The van der Waals surface area contributed by atoms with Gasteiger partial charge in [-0.2, -0.15) is 0 Å². The molecule has 29 heavy (non-hydrogen) atoms. The summed E-state index contributed by atoms with van der Waals surface area (Å²) in [6.45, 7) is 3.13. The first-order chi connectivity index (χ1) is 14.1. The van der Waals surface area contributed by atoms with Gasteiger partial charge in [-0.25, -0.2) is 4.79 Å². The fourth-order valence-electron chi connectivity index (χ4n) is 3.49. The zero-order valence-electron chi connectivity index (χ0n) is 16.6. The SMILES string of the molecule is CCOC(=O)c1ccccc1NC(=O)C1CCN(C(=O)Cc2ccccc2)CC1.